The molecule has 1 N–H and O–H groups in total. The topological polar surface area (TPSA) is 43.3 Å². The van der Waals surface area contributed by atoms with Crippen LogP contribution >= 0.6 is 11.6 Å². The van der Waals surface area contributed by atoms with Gasteiger partial charge in [-0.15, -0.1) is 6.42 Å². The number of methoxy groups -OCH3 is 1. The Balaban J connectivity index is 1.72. The highest BCUT2D eigenvalue weighted by Gasteiger charge is 2.16. The van der Waals surface area contributed by atoms with Crippen molar-refractivity contribution < 1.29 is 4.74 Å². The fourth-order valence-corrected chi connectivity index (χ4v) is 3.98. The molecular weight excluding hydrogens is 420 g/mol. The van der Waals surface area contributed by atoms with Crippen LogP contribution in [0.2, 0.25) is 5.02 Å². The van der Waals surface area contributed by atoms with Gasteiger partial charge >= 0.3 is 0 Å². The smallest absolute Gasteiger partial charge is 0.256 e. The molecule has 0 saturated carbocycles. The van der Waals surface area contributed by atoms with E-state index in [2.05, 4.69) is 23.4 Å². The monoisotopic (exact) mass is 442 g/mol. The number of hydrogen-bond donors (Lipinski definition) is 1. The van der Waals surface area contributed by atoms with E-state index < -0.39 is 0 Å². The van der Waals surface area contributed by atoms with Crippen LogP contribution in [0.15, 0.2) is 83.7 Å². The first kappa shape index (κ1) is 21.7. The highest BCUT2D eigenvalue weighted by atomic mass is 35.5. The summed E-state index contributed by atoms with van der Waals surface area (Å²) >= 11 is 6.09. The molecule has 0 saturated heterocycles. The summed E-state index contributed by atoms with van der Waals surface area (Å²) in [5.74, 6) is 3.27. The van der Waals surface area contributed by atoms with Crippen LogP contribution in [0, 0.1) is 12.3 Å². The Bertz CT molecular complexity index is 1320. The largest absolute Gasteiger partial charge is 0.497 e. The third kappa shape index (κ3) is 4.55. The Morgan fingerprint density at radius 2 is 1.75 bits per heavy atom. The number of fused-ring (bicyclic) bond motifs is 1. The van der Waals surface area contributed by atoms with Gasteiger partial charge in [0.05, 0.1) is 25.2 Å². The lowest BCUT2D eigenvalue weighted by Gasteiger charge is -2.21. The summed E-state index contributed by atoms with van der Waals surface area (Å²) in [4.78, 5) is 13.3. The van der Waals surface area contributed by atoms with E-state index in [1.807, 2.05) is 66.7 Å². The molecule has 1 aromatic heterocycles. The molecule has 0 amide bonds. The Morgan fingerprint density at radius 3 is 2.44 bits per heavy atom. The van der Waals surface area contributed by atoms with Gasteiger partial charge in [-0.1, -0.05) is 60.0 Å². The second-order valence-electron chi connectivity index (χ2n) is 7.47. The lowest BCUT2D eigenvalue weighted by atomic mass is 9.98. The van der Waals surface area contributed by atoms with Crippen LogP contribution < -0.4 is 15.6 Å². The van der Waals surface area contributed by atoms with Gasteiger partial charge in [0.2, 0.25) is 0 Å². The number of ether oxygens (including phenoxy) is 1. The number of halogens is 1. The summed E-state index contributed by atoms with van der Waals surface area (Å²) in [6.45, 7) is 0.573. The molecule has 0 unspecified atom stereocenters. The lowest BCUT2D eigenvalue weighted by Crippen LogP contribution is -2.29. The number of aromatic nitrogens is 1. The number of terminal acetylenes is 1. The summed E-state index contributed by atoms with van der Waals surface area (Å²) in [5.41, 5.74) is 3.46. The second kappa shape index (κ2) is 9.74. The Hall–Kier alpha value is -3.52. The number of pyridine rings is 1. The Labute approximate surface area is 192 Å². The zero-order valence-electron chi connectivity index (χ0n) is 17.7. The second-order valence-corrected chi connectivity index (χ2v) is 7.90. The average molecular weight is 443 g/mol. The summed E-state index contributed by atoms with van der Waals surface area (Å²) in [6, 6.07) is 25.3. The molecule has 0 spiro atoms. The molecule has 0 fully saturated rings. The van der Waals surface area contributed by atoms with Crippen LogP contribution in [0.1, 0.15) is 22.7 Å². The molecule has 0 radical (unpaired) electrons. The van der Waals surface area contributed by atoms with Crippen molar-refractivity contribution in [2.24, 2.45) is 0 Å². The van der Waals surface area contributed by atoms with Gasteiger partial charge in [-0.05, 0) is 46.8 Å². The maximum absolute atomic E-state index is 13.3. The van der Waals surface area contributed by atoms with Crippen molar-refractivity contribution in [2.75, 3.05) is 7.11 Å². The molecule has 5 heteroatoms. The molecule has 32 heavy (non-hydrogen) atoms. The van der Waals surface area contributed by atoms with E-state index in [0.29, 0.717) is 22.9 Å². The fourth-order valence-electron chi connectivity index (χ4n) is 3.85. The zero-order valence-corrected chi connectivity index (χ0v) is 18.5. The van der Waals surface area contributed by atoms with E-state index in [1.165, 1.54) is 0 Å². The van der Waals surface area contributed by atoms with Crippen LogP contribution in [0.4, 0.5) is 0 Å². The van der Waals surface area contributed by atoms with Gasteiger partial charge in [-0.3, -0.25) is 9.36 Å². The van der Waals surface area contributed by atoms with Crippen molar-refractivity contribution >= 4 is 22.5 Å². The SMILES string of the molecule is C#CCn1c(=O)c(CN[C@@H](c2ccccc2)c2ccc(Cl)cc2)cc2ccc(OC)cc21. The lowest BCUT2D eigenvalue weighted by molar-refractivity contribution is 0.415. The van der Waals surface area contributed by atoms with Gasteiger partial charge in [-0.2, -0.15) is 0 Å². The molecule has 0 aliphatic carbocycles. The third-order valence-corrected chi connectivity index (χ3v) is 5.71. The number of nitrogens with one attached hydrogen (secondary N) is 1. The molecule has 0 aliphatic heterocycles. The summed E-state index contributed by atoms with van der Waals surface area (Å²) in [7, 11) is 1.60. The quantitative estimate of drug-likeness (QED) is 0.401. The van der Waals surface area contributed by atoms with Crippen molar-refractivity contribution in [3.05, 3.63) is 111 Å². The van der Waals surface area contributed by atoms with Crippen LogP contribution in [-0.4, -0.2) is 11.7 Å². The van der Waals surface area contributed by atoms with Crippen LogP contribution in [0.3, 0.4) is 0 Å². The van der Waals surface area contributed by atoms with E-state index >= 15 is 0 Å². The Morgan fingerprint density at radius 1 is 1.03 bits per heavy atom. The third-order valence-electron chi connectivity index (χ3n) is 5.46. The molecule has 4 aromatic rings. The maximum atomic E-state index is 13.3. The minimum atomic E-state index is -0.112. The number of nitrogens with zero attached hydrogens (tertiary/aromatic N) is 1. The van der Waals surface area contributed by atoms with E-state index in [9.17, 15) is 4.79 Å². The molecule has 0 aliphatic rings. The highest BCUT2D eigenvalue weighted by Crippen LogP contribution is 2.25. The van der Waals surface area contributed by atoms with E-state index in [0.717, 1.165) is 22.0 Å². The molecule has 160 valence electrons. The molecule has 3 aromatic carbocycles. The van der Waals surface area contributed by atoms with Crippen molar-refractivity contribution in [3.63, 3.8) is 0 Å². The fraction of sp³-hybridized carbons (Fsp3) is 0.148. The summed E-state index contributed by atoms with van der Waals surface area (Å²) in [6.07, 6.45) is 5.56. The molecule has 1 heterocycles. The number of rotatable bonds is 7. The predicted molar refractivity (Wildman–Crippen MR) is 130 cm³/mol. The predicted octanol–water partition coefficient (Wildman–Crippen LogP) is 5.18. The number of hydrogen-bond acceptors (Lipinski definition) is 3. The minimum Gasteiger partial charge on any atom is -0.497 e. The van der Waals surface area contributed by atoms with Gasteiger partial charge in [-0.25, -0.2) is 0 Å². The first-order valence-corrected chi connectivity index (χ1v) is 10.7. The van der Waals surface area contributed by atoms with Gasteiger partial charge < -0.3 is 10.1 Å². The Kier molecular flexibility index (Phi) is 6.61. The van der Waals surface area contributed by atoms with Gasteiger partial charge in [0.25, 0.3) is 5.56 Å². The van der Waals surface area contributed by atoms with Gasteiger partial charge in [0.1, 0.15) is 5.75 Å². The highest BCUT2D eigenvalue weighted by molar-refractivity contribution is 6.30. The van der Waals surface area contributed by atoms with Gasteiger partial charge in [0, 0.05) is 23.2 Å². The minimum absolute atomic E-state index is 0.0967. The zero-order chi connectivity index (χ0) is 22.5. The van der Waals surface area contributed by atoms with Crippen molar-refractivity contribution in [1.29, 1.82) is 0 Å². The first-order chi connectivity index (χ1) is 15.6. The molecule has 1 atom stereocenters. The maximum Gasteiger partial charge on any atom is 0.256 e. The summed E-state index contributed by atoms with van der Waals surface area (Å²) in [5, 5.41) is 5.17. The van der Waals surface area contributed by atoms with E-state index in [1.54, 1.807) is 11.7 Å². The van der Waals surface area contributed by atoms with Crippen molar-refractivity contribution in [2.45, 2.75) is 19.1 Å². The molecule has 4 rings (SSSR count). The average Bonchev–Trinajstić information content (AvgIpc) is 2.83. The number of benzene rings is 3. The first-order valence-electron chi connectivity index (χ1n) is 10.3. The standard InChI is InChI=1S/C27H23ClN2O2/c1-3-15-30-25-17-24(32-2)14-11-21(25)16-22(27(30)31)18-29-26(19-7-5-4-6-8-19)20-9-12-23(28)13-10-20/h1,4-14,16-17,26,29H,15,18H2,2H3/t26-/m0/s1. The molecule has 0 bridgehead atoms. The van der Waals surface area contributed by atoms with Crippen molar-refractivity contribution in [3.8, 4) is 18.1 Å². The van der Waals surface area contributed by atoms with Crippen molar-refractivity contribution in [1.82, 2.24) is 9.88 Å². The van der Waals surface area contributed by atoms with Crippen LogP contribution in [0.5, 0.6) is 5.75 Å². The van der Waals surface area contributed by atoms with E-state index in [4.69, 9.17) is 22.8 Å². The van der Waals surface area contributed by atoms with E-state index in [-0.39, 0.29) is 18.1 Å². The van der Waals surface area contributed by atoms with Crippen LogP contribution in [-0.2, 0) is 13.1 Å². The molecular formula is C27H23ClN2O2. The molecule has 4 nitrogen and oxygen atoms in total. The van der Waals surface area contributed by atoms with Gasteiger partial charge in [0.15, 0.2) is 0 Å². The normalized spacial score (nSPS) is 11.8. The van der Waals surface area contributed by atoms with Crippen LogP contribution in [0.25, 0.3) is 10.9 Å². The summed E-state index contributed by atoms with van der Waals surface area (Å²) < 4.78 is 6.94.